The Morgan fingerprint density at radius 2 is 2.05 bits per heavy atom. The van der Waals surface area contributed by atoms with Gasteiger partial charge in [-0.2, -0.15) is 5.26 Å². The Morgan fingerprint density at radius 1 is 1.21 bits per heavy atom. The van der Waals surface area contributed by atoms with E-state index in [1.54, 1.807) is 0 Å². The molecule has 0 radical (unpaired) electrons. The first-order valence-corrected chi connectivity index (χ1v) is 6.15. The van der Waals surface area contributed by atoms with E-state index in [-0.39, 0.29) is 0 Å². The van der Waals surface area contributed by atoms with Gasteiger partial charge in [-0.25, -0.2) is 13.8 Å². The van der Waals surface area contributed by atoms with E-state index < -0.39 is 11.6 Å². The lowest BCUT2D eigenvalue weighted by atomic mass is 10.1. The van der Waals surface area contributed by atoms with Crippen LogP contribution in [0.3, 0.4) is 0 Å². The third-order valence-corrected chi connectivity index (χ3v) is 3.40. The van der Waals surface area contributed by atoms with Crippen LogP contribution in [-0.4, -0.2) is 9.55 Å². The second kappa shape index (κ2) is 4.47. The molecule has 0 atom stereocenters. The van der Waals surface area contributed by atoms with Gasteiger partial charge in [0.25, 0.3) is 0 Å². The van der Waals surface area contributed by atoms with E-state index >= 15 is 0 Å². The molecule has 0 bridgehead atoms. The van der Waals surface area contributed by atoms with Gasteiger partial charge >= 0.3 is 0 Å². The maximum atomic E-state index is 13.3. The zero-order valence-electron chi connectivity index (χ0n) is 10.2. The molecule has 19 heavy (non-hydrogen) atoms. The van der Waals surface area contributed by atoms with E-state index in [2.05, 4.69) is 11.1 Å². The van der Waals surface area contributed by atoms with Gasteiger partial charge in [0.2, 0.25) is 0 Å². The van der Waals surface area contributed by atoms with Crippen molar-refractivity contribution in [3.63, 3.8) is 0 Å². The molecule has 3 rings (SSSR count). The number of hydrogen-bond acceptors (Lipinski definition) is 2. The van der Waals surface area contributed by atoms with Crippen molar-refractivity contribution in [2.45, 2.75) is 25.8 Å². The van der Waals surface area contributed by atoms with Crippen LogP contribution in [0.15, 0.2) is 18.2 Å². The smallest absolute Gasteiger partial charge is 0.162 e. The van der Waals surface area contributed by atoms with Crippen LogP contribution in [0.1, 0.15) is 24.2 Å². The topological polar surface area (TPSA) is 41.6 Å². The summed E-state index contributed by atoms with van der Waals surface area (Å²) in [5.41, 5.74) is 1.79. The van der Waals surface area contributed by atoms with Crippen LogP contribution in [0.4, 0.5) is 8.78 Å². The summed E-state index contributed by atoms with van der Waals surface area (Å²) in [5.74, 6) is -1.23. The third kappa shape index (κ3) is 1.89. The average Bonchev–Trinajstić information content (AvgIpc) is 2.81. The van der Waals surface area contributed by atoms with Gasteiger partial charge in [0, 0.05) is 12.1 Å². The molecule has 2 heterocycles. The summed E-state index contributed by atoms with van der Waals surface area (Å²) in [6.07, 6.45) is 2.84. The minimum Gasteiger partial charge on any atom is -0.327 e. The second-order valence-electron chi connectivity index (χ2n) is 4.58. The van der Waals surface area contributed by atoms with Crippen molar-refractivity contribution < 1.29 is 8.78 Å². The van der Waals surface area contributed by atoms with Crippen LogP contribution in [-0.2, 0) is 13.0 Å². The molecule has 0 N–H and O–H groups in total. The summed E-state index contributed by atoms with van der Waals surface area (Å²) in [5, 5.41) is 9.09. The Bertz CT molecular complexity index is 683. The summed E-state index contributed by atoms with van der Waals surface area (Å²) in [7, 11) is 0. The van der Waals surface area contributed by atoms with Crippen molar-refractivity contribution in [2.75, 3.05) is 0 Å². The molecule has 1 aromatic heterocycles. The Morgan fingerprint density at radius 3 is 2.79 bits per heavy atom. The van der Waals surface area contributed by atoms with Gasteiger partial charge in [0.1, 0.15) is 11.9 Å². The fraction of sp³-hybridized carbons (Fsp3) is 0.286. The highest BCUT2D eigenvalue weighted by atomic mass is 19.2. The normalized spacial score (nSPS) is 13.9. The Labute approximate surface area is 109 Å². The van der Waals surface area contributed by atoms with Crippen LogP contribution < -0.4 is 0 Å². The van der Waals surface area contributed by atoms with Crippen molar-refractivity contribution >= 4 is 0 Å². The first-order valence-electron chi connectivity index (χ1n) is 6.15. The molecular formula is C14H11F2N3. The van der Waals surface area contributed by atoms with Gasteiger partial charge in [-0.05, 0) is 37.5 Å². The molecule has 2 aromatic rings. The zero-order valence-corrected chi connectivity index (χ0v) is 10.2. The predicted octanol–water partition coefficient (Wildman–Crippen LogP) is 3.04. The van der Waals surface area contributed by atoms with Crippen LogP contribution in [0.25, 0.3) is 11.4 Å². The highest BCUT2D eigenvalue weighted by Gasteiger charge is 2.21. The van der Waals surface area contributed by atoms with E-state index in [1.807, 2.05) is 4.57 Å². The standard InChI is InChI=1S/C14H11F2N3/c15-10-5-4-9(7-11(10)16)14-18-12(8-17)13-3-1-2-6-19(13)14/h4-5,7H,1-3,6H2. The second-order valence-corrected chi connectivity index (χ2v) is 4.58. The monoisotopic (exact) mass is 259 g/mol. The van der Waals surface area contributed by atoms with Crippen LogP contribution in [0.2, 0.25) is 0 Å². The summed E-state index contributed by atoms with van der Waals surface area (Å²) < 4.78 is 28.2. The first kappa shape index (κ1) is 11.8. The van der Waals surface area contributed by atoms with Crippen molar-refractivity contribution in [1.82, 2.24) is 9.55 Å². The number of benzene rings is 1. The molecule has 0 fully saturated rings. The van der Waals surface area contributed by atoms with Gasteiger partial charge in [-0.15, -0.1) is 0 Å². The Balaban J connectivity index is 2.17. The molecule has 1 aromatic carbocycles. The number of rotatable bonds is 1. The maximum absolute atomic E-state index is 13.3. The number of hydrogen-bond donors (Lipinski definition) is 0. The minimum atomic E-state index is -0.899. The minimum absolute atomic E-state index is 0.388. The van der Waals surface area contributed by atoms with Crippen molar-refractivity contribution in [3.8, 4) is 17.5 Å². The van der Waals surface area contributed by atoms with Gasteiger partial charge in [-0.3, -0.25) is 0 Å². The van der Waals surface area contributed by atoms with Crippen molar-refractivity contribution in [3.05, 3.63) is 41.2 Å². The maximum Gasteiger partial charge on any atom is 0.162 e. The summed E-state index contributed by atoms with van der Waals surface area (Å²) >= 11 is 0. The van der Waals surface area contributed by atoms with Crippen LogP contribution in [0.5, 0.6) is 0 Å². The highest BCUT2D eigenvalue weighted by molar-refractivity contribution is 5.58. The van der Waals surface area contributed by atoms with E-state index in [0.717, 1.165) is 43.6 Å². The zero-order chi connectivity index (χ0) is 13.4. The molecule has 1 aliphatic rings. The molecule has 0 saturated carbocycles. The molecule has 0 amide bonds. The fourth-order valence-electron chi connectivity index (χ4n) is 2.49. The lowest BCUT2D eigenvalue weighted by molar-refractivity contribution is 0.508. The molecule has 3 nitrogen and oxygen atoms in total. The molecular weight excluding hydrogens is 248 g/mol. The van der Waals surface area contributed by atoms with Gasteiger partial charge < -0.3 is 4.57 Å². The molecule has 0 spiro atoms. The van der Waals surface area contributed by atoms with E-state index in [4.69, 9.17) is 5.26 Å². The summed E-state index contributed by atoms with van der Waals surface area (Å²) in [4.78, 5) is 4.26. The van der Waals surface area contributed by atoms with Gasteiger partial charge in [-0.1, -0.05) is 0 Å². The van der Waals surface area contributed by atoms with Gasteiger partial charge in [0.05, 0.1) is 5.69 Å². The van der Waals surface area contributed by atoms with E-state index in [1.165, 1.54) is 6.07 Å². The van der Waals surface area contributed by atoms with Crippen LogP contribution >= 0.6 is 0 Å². The molecule has 0 aliphatic carbocycles. The highest BCUT2D eigenvalue weighted by Crippen LogP contribution is 2.28. The number of imidazole rings is 1. The largest absolute Gasteiger partial charge is 0.327 e. The predicted molar refractivity (Wildman–Crippen MR) is 65.2 cm³/mol. The Hall–Kier alpha value is -2.22. The summed E-state index contributed by atoms with van der Waals surface area (Å²) in [6, 6.07) is 5.77. The molecule has 5 heteroatoms. The van der Waals surface area contributed by atoms with E-state index in [0.29, 0.717) is 17.1 Å². The third-order valence-electron chi connectivity index (χ3n) is 3.40. The molecule has 0 saturated heterocycles. The lowest BCUT2D eigenvalue weighted by Gasteiger charge is -2.16. The van der Waals surface area contributed by atoms with Crippen LogP contribution in [0, 0.1) is 23.0 Å². The number of nitrogens with zero attached hydrogens (tertiary/aromatic N) is 3. The molecule has 0 unspecified atom stereocenters. The Kier molecular flexibility index (Phi) is 2.79. The molecule has 96 valence electrons. The average molecular weight is 259 g/mol. The summed E-state index contributed by atoms with van der Waals surface area (Å²) in [6.45, 7) is 0.762. The number of halogens is 2. The van der Waals surface area contributed by atoms with Gasteiger partial charge in [0.15, 0.2) is 17.3 Å². The SMILES string of the molecule is N#Cc1nc(-c2ccc(F)c(F)c2)n2c1CCCC2. The molecule has 1 aliphatic heterocycles. The number of nitriles is 1. The van der Waals surface area contributed by atoms with Crippen molar-refractivity contribution in [2.24, 2.45) is 0 Å². The lowest BCUT2D eigenvalue weighted by Crippen LogP contribution is -2.11. The number of fused-ring (bicyclic) bond motifs is 1. The quantitative estimate of drug-likeness (QED) is 0.789. The first-order chi connectivity index (χ1) is 9.20. The fourth-order valence-corrected chi connectivity index (χ4v) is 2.49. The number of aromatic nitrogens is 2. The van der Waals surface area contributed by atoms with Crippen molar-refractivity contribution in [1.29, 1.82) is 5.26 Å². The van der Waals surface area contributed by atoms with E-state index in [9.17, 15) is 8.78 Å².